The van der Waals surface area contributed by atoms with Crippen LogP contribution in [0.2, 0.25) is 0 Å². The number of fused-ring (bicyclic) bond motifs is 9. The molecule has 4 aromatic heterocycles. The predicted octanol–water partition coefficient (Wildman–Crippen LogP) is 6.94. The van der Waals surface area contributed by atoms with Crippen LogP contribution in [-0.2, 0) is 0 Å². The molecule has 0 bridgehead atoms. The van der Waals surface area contributed by atoms with E-state index in [4.69, 9.17) is 58.6 Å². The minimum Gasteiger partial charge on any atom is -0.454 e. The SMILES string of the molecule is [B]c1c([B])c([B])c(-c2nc(-c3ccc4oc5c(-n6c7ccccc7c7ccc(-c8ccccc8)cc76)cccc5c4c3)nc(-n3c4ccccc4c4ccccc43)n2)c([B])c1[B]. The van der Waals surface area contributed by atoms with Gasteiger partial charge in [-0.2, -0.15) is 9.97 Å². The van der Waals surface area contributed by atoms with Crippen molar-refractivity contribution >= 4 is 132 Å². The van der Waals surface area contributed by atoms with Gasteiger partial charge in [-0.25, -0.2) is 4.98 Å². The maximum atomic E-state index is 6.80. The third-order valence-electron chi connectivity index (χ3n) is 12.1. The van der Waals surface area contributed by atoms with Crippen LogP contribution in [0.5, 0.6) is 0 Å². The van der Waals surface area contributed by atoms with Crippen molar-refractivity contribution in [2.75, 3.05) is 0 Å². The molecule has 0 amide bonds. The molecule has 0 aliphatic carbocycles. The number of hydrogen-bond acceptors (Lipinski definition) is 4. The van der Waals surface area contributed by atoms with Gasteiger partial charge in [0.1, 0.15) is 44.8 Å². The van der Waals surface area contributed by atoms with E-state index in [0.717, 1.165) is 76.8 Å². The van der Waals surface area contributed by atoms with Crippen LogP contribution >= 0.6 is 0 Å². The summed E-state index contributed by atoms with van der Waals surface area (Å²) in [5.41, 5.74) is 10.2. The molecular weight excluding hydrogens is 753 g/mol. The normalized spacial score (nSPS) is 11.9. The van der Waals surface area contributed by atoms with E-state index in [1.165, 1.54) is 0 Å². The summed E-state index contributed by atoms with van der Waals surface area (Å²) in [5.74, 6) is 0.930. The van der Waals surface area contributed by atoms with Crippen LogP contribution in [0.4, 0.5) is 0 Å². The Balaban J connectivity index is 1.09. The van der Waals surface area contributed by atoms with Crippen molar-refractivity contribution in [3.05, 3.63) is 158 Å². The fourth-order valence-corrected chi connectivity index (χ4v) is 9.07. The lowest BCUT2D eigenvalue weighted by Gasteiger charge is -2.20. The van der Waals surface area contributed by atoms with E-state index in [1.807, 2.05) is 59.2 Å². The Bertz CT molecular complexity index is 3750. The van der Waals surface area contributed by atoms with Crippen LogP contribution in [0.15, 0.2) is 162 Å². The molecule has 0 saturated heterocycles. The Labute approximate surface area is 362 Å². The fraction of sp³-hybridized carbons (Fsp3) is 0. The van der Waals surface area contributed by atoms with E-state index in [2.05, 4.69) is 108 Å². The van der Waals surface area contributed by atoms with E-state index in [0.29, 0.717) is 22.9 Å². The predicted molar refractivity (Wildman–Crippen MR) is 259 cm³/mol. The lowest BCUT2D eigenvalue weighted by Crippen LogP contribution is -2.55. The summed E-state index contributed by atoms with van der Waals surface area (Å²) in [7, 11) is 32.3. The van der Waals surface area contributed by atoms with Crippen molar-refractivity contribution in [3.8, 4) is 45.5 Å². The second kappa shape index (κ2) is 13.8. The Morgan fingerprint density at radius 2 is 0.919 bits per heavy atom. The number of furan rings is 1. The molecule has 276 valence electrons. The quantitative estimate of drug-likeness (QED) is 0.178. The average Bonchev–Trinajstić information content (AvgIpc) is 3.98. The van der Waals surface area contributed by atoms with Gasteiger partial charge in [0.25, 0.3) is 0 Å². The molecule has 0 unspecified atom stereocenters. The van der Waals surface area contributed by atoms with Gasteiger partial charge in [0, 0.05) is 43.4 Å². The zero-order valence-corrected chi connectivity index (χ0v) is 33.0. The molecule has 0 fully saturated rings. The van der Waals surface area contributed by atoms with Crippen molar-refractivity contribution in [2.24, 2.45) is 0 Å². The second-order valence-corrected chi connectivity index (χ2v) is 15.5. The molecule has 62 heavy (non-hydrogen) atoms. The molecule has 0 saturated carbocycles. The van der Waals surface area contributed by atoms with Crippen LogP contribution in [0.3, 0.4) is 0 Å². The molecule has 12 aromatic rings. The summed E-state index contributed by atoms with van der Waals surface area (Å²) in [6, 6.07) is 54.1. The van der Waals surface area contributed by atoms with Crippen molar-refractivity contribution < 1.29 is 4.42 Å². The molecule has 8 aromatic carbocycles. The zero-order chi connectivity index (χ0) is 41.8. The summed E-state index contributed by atoms with van der Waals surface area (Å²) < 4.78 is 11.1. The summed E-state index contributed by atoms with van der Waals surface area (Å²) in [4.78, 5) is 15.2. The van der Waals surface area contributed by atoms with Gasteiger partial charge in [0.05, 0.1) is 27.8 Å². The van der Waals surface area contributed by atoms with Crippen LogP contribution < -0.4 is 27.3 Å². The smallest absolute Gasteiger partial charge is 0.238 e. The molecule has 4 heterocycles. The van der Waals surface area contributed by atoms with Gasteiger partial charge in [0.15, 0.2) is 17.2 Å². The molecule has 6 nitrogen and oxygen atoms in total. The lowest BCUT2D eigenvalue weighted by atomic mass is 9.60. The van der Waals surface area contributed by atoms with E-state index in [9.17, 15) is 0 Å². The average molecular weight is 779 g/mol. The lowest BCUT2D eigenvalue weighted by molar-refractivity contribution is 0.666. The minimum absolute atomic E-state index is 0.105. The molecule has 12 rings (SSSR count). The molecule has 10 radical (unpaired) electrons. The van der Waals surface area contributed by atoms with Gasteiger partial charge in [0.2, 0.25) is 5.95 Å². The third-order valence-corrected chi connectivity index (χ3v) is 12.1. The Hall–Kier alpha value is -7.51. The molecule has 0 spiro atoms. The van der Waals surface area contributed by atoms with Crippen molar-refractivity contribution in [1.82, 2.24) is 24.1 Å². The molecule has 11 heteroatoms. The summed E-state index contributed by atoms with van der Waals surface area (Å²) in [5, 5.41) is 6.25. The fourth-order valence-electron chi connectivity index (χ4n) is 9.07. The number of aromatic nitrogens is 5. The number of nitrogens with zero attached hydrogens (tertiary/aromatic N) is 5. The van der Waals surface area contributed by atoms with Crippen molar-refractivity contribution in [3.63, 3.8) is 0 Å². The highest BCUT2D eigenvalue weighted by molar-refractivity contribution is 6.68. The van der Waals surface area contributed by atoms with Gasteiger partial charge in [-0.05, 0) is 59.7 Å². The molecule has 0 N–H and O–H groups in total. The molecule has 0 aliphatic heterocycles. The van der Waals surface area contributed by atoms with Gasteiger partial charge in [-0.15, -0.1) is 16.4 Å². The van der Waals surface area contributed by atoms with E-state index >= 15 is 0 Å². The minimum atomic E-state index is 0.105. The maximum Gasteiger partial charge on any atom is 0.238 e. The number of benzene rings is 8. The van der Waals surface area contributed by atoms with Gasteiger partial charge in [-0.1, -0.05) is 120 Å². The Morgan fingerprint density at radius 3 is 1.60 bits per heavy atom. The number of rotatable bonds is 5. The first-order valence-electron chi connectivity index (χ1n) is 20.1. The highest BCUT2D eigenvalue weighted by Crippen LogP contribution is 2.40. The van der Waals surface area contributed by atoms with E-state index < -0.39 is 0 Å². The Morgan fingerprint density at radius 1 is 0.371 bits per heavy atom. The first kappa shape index (κ1) is 36.4. The van der Waals surface area contributed by atoms with Crippen molar-refractivity contribution in [2.45, 2.75) is 0 Å². The van der Waals surface area contributed by atoms with Gasteiger partial charge < -0.3 is 8.98 Å². The zero-order valence-electron chi connectivity index (χ0n) is 33.0. The van der Waals surface area contributed by atoms with Gasteiger partial charge in [-0.3, -0.25) is 4.57 Å². The highest BCUT2D eigenvalue weighted by Gasteiger charge is 2.23. The number of para-hydroxylation sites is 4. The molecular formula is C51H26B5N5O. The highest BCUT2D eigenvalue weighted by atomic mass is 16.3. The molecule has 0 aliphatic rings. The van der Waals surface area contributed by atoms with Crippen LogP contribution in [0, 0.1) is 0 Å². The third kappa shape index (κ3) is 5.34. The summed E-state index contributed by atoms with van der Waals surface area (Å²) in [6.07, 6.45) is 0. The van der Waals surface area contributed by atoms with Crippen LogP contribution in [0.1, 0.15) is 0 Å². The summed E-state index contributed by atoms with van der Waals surface area (Å²) in [6.45, 7) is 0. The van der Waals surface area contributed by atoms with E-state index in [1.54, 1.807) is 0 Å². The molecule has 0 atom stereocenters. The summed E-state index contributed by atoms with van der Waals surface area (Å²) >= 11 is 0. The topological polar surface area (TPSA) is 61.7 Å². The standard InChI is InChI=1S/C51H26B5N5O/c52-43-42(44(53)46(55)47(56)45(43)54)50-57-49(58-51(59-50)61-37-18-8-5-13-30(37)31-14-6-9-19-38(31)61)29-22-24-41-35(25-29)34-16-10-20-39(48(34)62-41)60-36-17-7-4-15-32(36)33-23-21-28(26-40(33)60)27-11-2-1-3-12-27/h1-26H. The Kier molecular flexibility index (Phi) is 8.07. The second-order valence-electron chi connectivity index (χ2n) is 15.5. The first-order chi connectivity index (χ1) is 30.3. The largest absolute Gasteiger partial charge is 0.454 e. The maximum absolute atomic E-state index is 6.80. The van der Waals surface area contributed by atoms with E-state index in [-0.39, 0.29) is 38.7 Å². The van der Waals surface area contributed by atoms with Crippen LogP contribution in [-0.4, -0.2) is 63.3 Å². The van der Waals surface area contributed by atoms with Gasteiger partial charge >= 0.3 is 0 Å². The monoisotopic (exact) mass is 779 g/mol. The number of hydrogen-bond donors (Lipinski definition) is 0. The van der Waals surface area contributed by atoms with Crippen LogP contribution in [0.25, 0.3) is 111 Å². The van der Waals surface area contributed by atoms with Crippen molar-refractivity contribution in [1.29, 1.82) is 0 Å². The first-order valence-corrected chi connectivity index (χ1v) is 20.1.